The fourth-order valence-electron chi connectivity index (χ4n) is 3.72. The summed E-state index contributed by atoms with van der Waals surface area (Å²) in [5.74, 6) is 0.651. The Labute approximate surface area is 195 Å². The number of nitrogens with one attached hydrogen (secondary N) is 1. The minimum absolute atomic E-state index is 0.0614. The van der Waals surface area contributed by atoms with Gasteiger partial charge in [-0.05, 0) is 44.9 Å². The van der Waals surface area contributed by atoms with Crippen LogP contribution in [0.2, 0.25) is 0 Å². The van der Waals surface area contributed by atoms with E-state index in [1.165, 1.54) is 28.0 Å². The molecule has 4 aromatic rings. The van der Waals surface area contributed by atoms with Gasteiger partial charge in [0.05, 0.1) is 5.52 Å². The van der Waals surface area contributed by atoms with Crippen molar-refractivity contribution in [2.75, 3.05) is 0 Å². The van der Waals surface area contributed by atoms with Crippen LogP contribution in [0.3, 0.4) is 0 Å². The summed E-state index contributed by atoms with van der Waals surface area (Å²) < 4.78 is 3.37. The van der Waals surface area contributed by atoms with Gasteiger partial charge in [0.2, 0.25) is 5.91 Å². The number of thioether (sulfide) groups is 1. The van der Waals surface area contributed by atoms with Gasteiger partial charge in [0.1, 0.15) is 4.70 Å². The van der Waals surface area contributed by atoms with E-state index in [1.54, 1.807) is 16.3 Å². The molecule has 2 aromatic carbocycles. The van der Waals surface area contributed by atoms with Crippen LogP contribution in [0.5, 0.6) is 0 Å². The molecule has 0 unspecified atom stereocenters. The molecule has 0 bridgehead atoms. The maximum absolute atomic E-state index is 13.5. The Morgan fingerprint density at radius 2 is 1.97 bits per heavy atom. The summed E-state index contributed by atoms with van der Waals surface area (Å²) in [6.07, 6.45) is 0.243. The van der Waals surface area contributed by atoms with Crippen molar-refractivity contribution in [3.05, 3.63) is 69.5 Å². The molecule has 166 valence electrons. The second-order valence-corrected chi connectivity index (χ2v) is 10.3. The summed E-state index contributed by atoms with van der Waals surface area (Å²) in [5.41, 5.74) is 4.35. The van der Waals surface area contributed by atoms with Gasteiger partial charge in [0, 0.05) is 34.8 Å². The average Bonchev–Trinajstić information content (AvgIpc) is 3.11. The van der Waals surface area contributed by atoms with Crippen molar-refractivity contribution in [2.45, 2.75) is 57.6 Å². The Hall–Kier alpha value is -2.64. The number of carbonyl (C=O) groups is 1. The molecule has 7 heteroatoms. The highest BCUT2D eigenvalue weighted by atomic mass is 32.2. The molecule has 0 radical (unpaired) electrons. The van der Waals surface area contributed by atoms with Crippen molar-refractivity contribution in [1.29, 1.82) is 0 Å². The van der Waals surface area contributed by atoms with Gasteiger partial charge in [-0.3, -0.25) is 14.2 Å². The van der Waals surface area contributed by atoms with Crippen molar-refractivity contribution in [1.82, 2.24) is 14.9 Å². The average molecular weight is 466 g/mol. The standard InChI is InChI=1S/C25H27N3O2S2/c1-15(2)26-21(29)11-12-28-24(30)23-22(19-7-5-6-8-20(19)32-23)27-25(28)31-14-18-10-9-16(3)13-17(18)4/h5-10,13,15H,11-12,14H2,1-4H3,(H,26,29). The maximum Gasteiger partial charge on any atom is 0.272 e. The van der Waals surface area contributed by atoms with E-state index in [2.05, 4.69) is 37.4 Å². The van der Waals surface area contributed by atoms with Gasteiger partial charge in [0.15, 0.2) is 5.16 Å². The van der Waals surface area contributed by atoms with Gasteiger partial charge in [0.25, 0.3) is 5.56 Å². The van der Waals surface area contributed by atoms with E-state index in [0.717, 1.165) is 15.6 Å². The molecule has 1 N–H and O–H groups in total. The van der Waals surface area contributed by atoms with Gasteiger partial charge in [-0.15, -0.1) is 11.3 Å². The number of aromatic nitrogens is 2. The quantitative estimate of drug-likeness (QED) is 0.292. The van der Waals surface area contributed by atoms with Crippen molar-refractivity contribution in [2.24, 2.45) is 0 Å². The minimum Gasteiger partial charge on any atom is -0.354 e. The smallest absolute Gasteiger partial charge is 0.272 e. The number of benzene rings is 2. The Kier molecular flexibility index (Phi) is 6.67. The summed E-state index contributed by atoms with van der Waals surface area (Å²) in [6.45, 7) is 8.36. The third-order valence-corrected chi connectivity index (χ3v) is 7.49. The maximum atomic E-state index is 13.5. The number of nitrogens with zero attached hydrogens (tertiary/aromatic N) is 2. The number of hydrogen-bond donors (Lipinski definition) is 1. The second kappa shape index (κ2) is 9.46. The van der Waals surface area contributed by atoms with Crippen molar-refractivity contribution < 1.29 is 4.79 Å². The highest BCUT2D eigenvalue weighted by molar-refractivity contribution is 7.98. The van der Waals surface area contributed by atoms with Crippen LogP contribution < -0.4 is 10.9 Å². The van der Waals surface area contributed by atoms with E-state index < -0.39 is 0 Å². The van der Waals surface area contributed by atoms with Crippen LogP contribution in [-0.4, -0.2) is 21.5 Å². The van der Waals surface area contributed by atoms with E-state index in [0.29, 0.717) is 22.2 Å². The first-order valence-corrected chi connectivity index (χ1v) is 12.5. The summed E-state index contributed by atoms with van der Waals surface area (Å²) in [6, 6.07) is 14.5. The topological polar surface area (TPSA) is 64.0 Å². The van der Waals surface area contributed by atoms with E-state index in [1.807, 2.05) is 38.1 Å². The molecule has 32 heavy (non-hydrogen) atoms. The Bertz CT molecular complexity index is 1350. The number of amides is 1. The molecule has 0 aliphatic carbocycles. The Morgan fingerprint density at radius 1 is 1.19 bits per heavy atom. The van der Waals surface area contributed by atoms with Gasteiger partial charge in [-0.2, -0.15) is 0 Å². The third-order valence-electron chi connectivity index (χ3n) is 5.31. The molecule has 0 atom stereocenters. The first-order valence-electron chi connectivity index (χ1n) is 10.7. The normalized spacial score (nSPS) is 11.5. The number of thiophene rings is 1. The van der Waals surface area contributed by atoms with Crippen molar-refractivity contribution in [3.63, 3.8) is 0 Å². The second-order valence-electron chi connectivity index (χ2n) is 8.32. The molecule has 0 spiro atoms. The monoisotopic (exact) mass is 465 g/mol. The zero-order valence-electron chi connectivity index (χ0n) is 18.8. The SMILES string of the molecule is Cc1ccc(CSc2nc3c(sc4ccccc43)c(=O)n2CCC(=O)NC(C)C)c(C)c1. The molecular formula is C25H27N3O2S2. The fraction of sp³-hybridized carbons (Fsp3) is 0.320. The molecule has 0 fully saturated rings. The van der Waals surface area contributed by atoms with E-state index in [9.17, 15) is 9.59 Å². The van der Waals surface area contributed by atoms with E-state index in [4.69, 9.17) is 4.98 Å². The predicted octanol–water partition coefficient (Wildman–Crippen LogP) is 5.44. The molecule has 0 saturated carbocycles. The molecule has 2 heterocycles. The van der Waals surface area contributed by atoms with Crippen LogP contribution >= 0.6 is 23.1 Å². The molecule has 0 aliphatic heterocycles. The molecule has 0 aliphatic rings. The lowest BCUT2D eigenvalue weighted by Gasteiger charge is -2.14. The van der Waals surface area contributed by atoms with Crippen molar-refractivity contribution >= 4 is 49.3 Å². The number of rotatable bonds is 7. The van der Waals surface area contributed by atoms with E-state index >= 15 is 0 Å². The van der Waals surface area contributed by atoms with Crippen LogP contribution in [0.4, 0.5) is 0 Å². The lowest BCUT2D eigenvalue weighted by Crippen LogP contribution is -2.32. The highest BCUT2D eigenvalue weighted by Gasteiger charge is 2.17. The van der Waals surface area contributed by atoms with Gasteiger partial charge in [-0.25, -0.2) is 4.98 Å². The van der Waals surface area contributed by atoms with Crippen LogP contribution in [0.1, 0.15) is 37.0 Å². The van der Waals surface area contributed by atoms with Crippen LogP contribution in [-0.2, 0) is 17.1 Å². The third kappa shape index (κ3) is 4.74. The lowest BCUT2D eigenvalue weighted by molar-refractivity contribution is -0.121. The van der Waals surface area contributed by atoms with Gasteiger partial charge >= 0.3 is 0 Å². The molecule has 0 saturated heterocycles. The van der Waals surface area contributed by atoms with E-state index in [-0.39, 0.29) is 23.9 Å². The Balaban J connectivity index is 1.74. The number of aryl methyl sites for hydroxylation is 2. The van der Waals surface area contributed by atoms with Crippen LogP contribution in [0.15, 0.2) is 52.4 Å². The van der Waals surface area contributed by atoms with Gasteiger partial charge in [-0.1, -0.05) is 53.7 Å². The number of carbonyl (C=O) groups excluding carboxylic acids is 1. The predicted molar refractivity (Wildman–Crippen MR) is 135 cm³/mol. The first-order chi connectivity index (χ1) is 15.3. The number of fused-ring (bicyclic) bond motifs is 3. The van der Waals surface area contributed by atoms with Crippen LogP contribution in [0, 0.1) is 13.8 Å². The first kappa shape index (κ1) is 22.6. The highest BCUT2D eigenvalue weighted by Crippen LogP contribution is 2.32. The largest absolute Gasteiger partial charge is 0.354 e. The molecule has 5 nitrogen and oxygen atoms in total. The zero-order valence-corrected chi connectivity index (χ0v) is 20.4. The summed E-state index contributed by atoms with van der Waals surface area (Å²) >= 11 is 3.02. The summed E-state index contributed by atoms with van der Waals surface area (Å²) in [5, 5.41) is 4.56. The molecule has 1 amide bonds. The van der Waals surface area contributed by atoms with Crippen molar-refractivity contribution in [3.8, 4) is 0 Å². The van der Waals surface area contributed by atoms with Gasteiger partial charge < -0.3 is 5.32 Å². The minimum atomic E-state index is -0.0725. The lowest BCUT2D eigenvalue weighted by atomic mass is 10.1. The summed E-state index contributed by atoms with van der Waals surface area (Å²) in [7, 11) is 0. The molecule has 4 rings (SSSR count). The zero-order chi connectivity index (χ0) is 22.8. The summed E-state index contributed by atoms with van der Waals surface area (Å²) in [4.78, 5) is 30.7. The molecular weight excluding hydrogens is 438 g/mol. The fourth-order valence-corrected chi connectivity index (χ4v) is 5.90. The van der Waals surface area contributed by atoms with Crippen LogP contribution in [0.25, 0.3) is 20.3 Å². The Morgan fingerprint density at radius 3 is 2.72 bits per heavy atom. The molecule has 2 aromatic heterocycles. The number of hydrogen-bond acceptors (Lipinski definition) is 5.